The second kappa shape index (κ2) is 7.87. The fraction of sp³-hybridized carbons (Fsp3) is 0.250. The summed E-state index contributed by atoms with van der Waals surface area (Å²) in [6.45, 7) is 1.29. The number of amides is 1. The van der Waals surface area contributed by atoms with E-state index in [4.69, 9.17) is 11.6 Å². The van der Waals surface area contributed by atoms with Crippen LogP contribution < -0.4 is 0 Å². The quantitative estimate of drug-likeness (QED) is 0.505. The molecule has 6 nitrogen and oxygen atoms in total. The smallest absolute Gasteiger partial charge is 0.242 e. The van der Waals surface area contributed by atoms with E-state index < -0.39 is 5.60 Å². The van der Waals surface area contributed by atoms with Gasteiger partial charge in [-0.1, -0.05) is 23.7 Å². The molecule has 2 N–H and O–H groups in total. The van der Waals surface area contributed by atoms with E-state index in [1.807, 2.05) is 58.1 Å². The molecule has 1 aliphatic heterocycles. The van der Waals surface area contributed by atoms with Crippen LogP contribution in [0, 0.1) is 0 Å². The number of H-pyrrole nitrogens is 1. The zero-order chi connectivity index (χ0) is 21.4. The number of carbonyl (C=O) groups is 1. The molecule has 4 heterocycles. The van der Waals surface area contributed by atoms with Crippen LogP contribution in [-0.2, 0) is 16.9 Å². The standard InChI is InChI=1S/C24H23ClN4O2/c25-19-7-5-18(6-8-19)24(31)9-13-28(14-10-24)22(30)16-29-12-2-4-21(29)20-15-17-3-1-11-26-23(17)27-20/h1-8,11-12,15,31H,9-10,13-14,16H2,(H,26,27). The number of pyridine rings is 1. The third kappa shape index (κ3) is 3.84. The first kappa shape index (κ1) is 19.8. The summed E-state index contributed by atoms with van der Waals surface area (Å²) in [5.41, 5.74) is 2.64. The molecule has 0 radical (unpaired) electrons. The molecule has 7 heteroatoms. The van der Waals surface area contributed by atoms with Crippen molar-refractivity contribution in [2.75, 3.05) is 13.1 Å². The highest BCUT2D eigenvalue weighted by atomic mass is 35.5. The molecule has 1 saturated heterocycles. The first-order chi connectivity index (χ1) is 15.0. The second-order valence-electron chi connectivity index (χ2n) is 8.06. The average Bonchev–Trinajstić information content (AvgIpc) is 3.41. The highest BCUT2D eigenvalue weighted by molar-refractivity contribution is 6.30. The highest BCUT2D eigenvalue weighted by Crippen LogP contribution is 2.33. The Bertz CT molecular complexity index is 1190. The Morgan fingerprint density at radius 3 is 2.65 bits per heavy atom. The zero-order valence-electron chi connectivity index (χ0n) is 17.0. The van der Waals surface area contributed by atoms with Gasteiger partial charge in [0.25, 0.3) is 0 Å². The molecule has 1 aromatic carbocycles. The third-order valence-electron chi connectivity index (χ3n) is 6.13. The molecule has 0 saturated carbocycles. The van der Waals surface area contributed by atoms with Gasteiger partial charge in [0.05, 0.1) is 17.0 Å². The molecule has 0 aliphatic carbocycles. The van der Waals surface area contributed by atoms with Crippen molar-refractivity contribution in [1.82, 2.24) is 19.4 Å². The number of nitrogens with one attached hydrogen (secondary N) is 1. The summed E-state index contributed by atoms with van der Waals surface area (Å²) in [5.74, 6) is 0.0462. The van der Waals surface area contributed by atoms with Crippen molar-refractivity contribution in [3.05, 3.63) is 77.6 Å². The minimum Gasteiger partial charge on any atom is -0.385 e. The predicted octanol–water partition coefficient (Wildman–Crippen LogP) is 4.20. The second-order valence-corrected chi connectivity index (χ2v) is 8.50. The van der Waals surface area contributed by atoms with Crippen molar-refractivity contribution in [2.24, 2.45) is 0 Å². The van der Waals surface area contributed by atoms with E-state index in [1.54, 1.807) is 18.3 Å². The maximum Gasteiger partial charge on any atom is 0.242 e. The Hall–Kier alpha value is -3.09. The fourth-order valence-electron chi connectivity index (χ4n) is 4.31. The molecule has 31 heavy (non-hydrogen) atoms. The first-order valence-electron chi connectivity index (χ1n) is 10.4. The van der Waals surface area contributed by atoms with Gasteiger partial charge in [-0.05, 0) is 60.9 Å². The number of piperidine rings is 1. The Balaban J connectivity index is 1.28. The van der Waals surface area contributed by atoms with Crippen molar-refractivity contribution in [2.45, 2.75) is 25.0 Å². The lowest BCUT2D eigenvalue weighted by Gasteiger charge is -2.38. The van der Waals surface area contributed by atoms with Crippen LogP contribution in [0.2, 0.25) is 5.02 Å². The number of aliphatic hydroxyl groups is 1. The Morgan fingerprint density at radius 1 is 1.13 bits per heavy atom. The van der Waals surface area contributed by atoms with E-state index in [0.717, 1.165) is 28.0 Å². The molecule has 3 aromatic heterocycles. The number of rotatable bonds is 4. The van der Waals surface area contributed by atoms with E-state index in [-0.39, 0.29) is 12.5 Å². The normalized spacial score (nSPS) is 16.0. The molecule has 0 bridgehead atoms. The molecular formula is C24H23ClN4O2. The van der Waals surface area contributed by atoms with Gasteiger partial charge >= 0.3 is 0 Å². The van der Waals surface area contributed by atoms with Crippen molar-refractivity contribution in [1.29, 1.82) is 0 Å². The molecule has 1 amide bonds. The summed E-state index contributed by atoms with van der Waals surface area (Å²) in [6.07, 6.45) is 4.69. The molecule has 1 aliphatic rings. The van der Waals surface area contributed by atoms with Gasteiger partial charge in [-0.2, -0.15) is 0 Å². The predicted molar refractivity (Wildman–Crippen MR) is 121 cm³/mol. The summed E-state index contributed by atoms with van der Waals surface area (Å²) < 4.78 is 1.95. The number of hydrogen-bond acceptors (Lipinski definition) is 3. The van der Waals surface area contributed by atoms with Crippen LogP contribution in [-0.4, -0.2) is 43.5 Å². The number of carbonyl (C=O) groups excluding carboxylic acids is 1. The zero-order valence-corrected chi connectivity index (χ0v) is 17.7. The summed E-state index contributed by atoms with van der Waals surface area (Å²) in [6, 6.07) is 17.2. The van der Waals surface area contributed by atoms with Crippen molar-refractivity contribution >= 4 is 28.5 Å². The van der Waals surface area contributed by atoms with Crippen molar-refractivity contribution < 1.29 is 9.90 Å². The van der Waals surface area contributed by atoms with E-state index >= 15 is 0 Å². The minimum atomic E-state index is -0.919. The molecule has 4 aromatic rings. The molecule has 0 spiro atoms. The van der Waals surface area contributed by atoms with Crippen LogP contribution in [0.1, 0.15) is 18.4 Å². The monoisotopic (exact) mass is 434 g/mol. The molecule has 1 fully saturated rings. The lowest BCUT2D eigenvalue weighted by Crippen LogP contribution is -2.46. The largest absolute Gasteiger partial charge is 0.385 e. The van der Waals surface area contributed by atoms with Gasteiger partial charge < -0.3 is 19.6 Å². The summed E-state index contributed by atoms with van der Waals surface area (Å²) in [7, 11) is 0. The lowest BCUT2D eigenvalue weighted by molar-refractivity contribution is -0.136. The SMILES string of the molecule is O=C(Cn1cccc1-c1cc2cccnc2[nH]1)N1CCC(O)(c2ccc(Cl)cc2)CC1. The maximum absolute atomic E-state index is 13.0. The number of fused-ring (bicyclic) bond motifs is 1. The summed E-state index contributed by atoms with van der Waals surface area (Å²) in [5, 5.41) is 12.7. The van der Waals surface area contributed by atoms with Crippen LogP contribution >= 0.6 is 11.6 Å². The van der Waals surface area contributed by atoms with Gasteiger partial charge in [0.2, 0.25) is 5.91 Å². The molecule has 158 valence electrons. The van der Waals surface area contributed by atoms with E-state index in [1.165, 1.54) is 0 Å². The van der Waals surface area contributed by atoms with Crippen LogP contribution in [0.4, 0.5) is 0 Å². The number of aromatic amines is 1. The van der Waals surface area contributed by atoms with E-state index in [0.29, 0.717) is 31.0 Å². The Labute approximate surface area is 185 Å². The van der Waals surface area contributed by atoms with Gasteiger partial charge in [0.15, 0.2) is 0 Å². The van der Waals surface area contributed by atoms with E-state index in [9.17, 15) is 9.90 Å². The molecular weight excluding hydrogens is 412 g/mol. The van der Waals surface area contributed by atoms with Crippen LogP contribution in [0.5, 0.6) is 0 Å². The first-order valence-corrected chi connectivity index (χ1v) is 10.8. The van der Waals surface area contributed by atoms with Crippen LogP contribution in [0.3, 0.4) is 0 Å². The topological polar surface area (TPSA) is 74.2 Å². The van der Waals surface area contributed by atoms with Crippen LogP contribution in [0.25, 0.3) is 22.4 Å². The highest BCUT2D eigenvalue weighted by Gasteiger charge is 2.35. The van der Waals surface area contributed by atoms with Gasteiger partial charge in [0.1, 0.15) is 12.2 Å². The number of halogens is 1. The van der Waals surface area contributed by atoms with E-state index in [2.05, 4.69) is 9.97 Å². The average molecular weight is 435 g/mol. The lowest BCUT2D eigenvalue weighted by atomic mass is 9.84. The van der Waals surface area contributed by atoms with Gasteiger partial charge in [0, 0.05) is 35.9 Å². The fourth-order valence-corrected chi connectivity index (χ4v) is 4.44. The number of benzene rings is 1. The summed E-state index contributed by atoms with van der Waals surface area (Å²) >= 11 is 5.97. The Kier molecular flexibility index (Phi) is 5.04. The van der Waals surface area contributed by atoms with Crippen molar-refractivity contribution in [3.8, 4) is 11.4 Å². The van der Waals surface area contributed by atoms with Crippen molar-refractivity contribution in [3.63, 3.8) is 0 Å². The van der Waals surface area contributed by atoms with Gasteiger partial charge in [-0.3, -0.25) is 4.79 Å². The maximum atomic E-state index is 13.0. The minimum absolute atomic E-state index is 0.0462. The molecule has 5 rings (SSSR count). The third-order valence-corrected chi connectivity index (χ3v) is 6.38. The Morgan fingerprint density at radius 2 is 1.90 bits per heavy atom. The molecule has 0 unspecified atom stereocenters. The number of hydrogen-bond donors (Lipinski definition) is 2. The van der Waals surface area contributed by atoms with Gasteiger partial charge in [-0.15, -0.1) is 0 Å². The number of likely N-dealkylation sites (tertiary alicyclic amines) is 1. The molecule has 0 atom stereocenters. The number of aromatic nitrogens is 3. The number of nitrogens with zero attached hydrogens (tertiary/aromatic N) is 3. The summed E-state index contributed by atoms with van der Waals surface area (Å²) in [4.78, 5) is 22.5. The van der Waals surface area contributed by atoms with Crippen LogP contribution in [0.15, 0.2) is 67.0 Å². The van der Waals surface area contributed by atoms with Gasteiger partial charge in [-0.25, -0.2) is 4.98 Å².